The highest BCUT2D eigenvalue weighted by Crippen LogP contribution is 2.38. The lowest BCUT2D eigenvalue weighted by Crippen LogP contribution is -2.29. The number of aldehydes is 1. The molecule has 0 radical (unpaired) electrons. The summed E-state index contributed by atoms with van der Waals surface area (Å²) in [5, 5.41) is 25.2. The van der Waals surface area contributed by atoms with E-state index in [-0.39, 0.29) is 52.7 Å². The van der Waals surface area contributed by atoms with E-state index in [1.165, 1.54) is 24.3 Å². The van der Waals surface area contributed by atoms with Gasteiger partial charge in [0.1, 0.15) is 29.3 Å². The number of anilines is 2. The Morgan fingerprint density at radius 1 is 0.523 bits per heavy atom. The van der Waals surface area contributed by atoms with Gasteiger partial charge in [0, 0.05) is 22.1 Å². The molecule has 0 saturated heterocycles. The zero-order chi connectivity index (χ0) is 45.0. The lowest BCUT2D eigenvalue weighted by atomic mass is 9.78. The van der Waals surface area contributed by atoms with Gasteiger partial charge in [-0.1, -0.05) is 72.6 Å². The first-order valence-electron chi connectivity index (χ1n) is 20.0. The molecule has 0 bridgehead atoms. The number of aliphatic hydroxyl groups is 1. The van der Waals surface area contributed by atoms with E-state index in [4.69, 9.17) is 18.3 Å². The number of ether oxygens (including phenoxy) is 2. The maximum atomic E-state index is 13.5. The van der Waals surface area contributed by atoms with Crippen LogP contribution in [0.1, 0.15) is 82.3 Å². The van der Waals surface area contributed by atoms with E-state index in [9.17, 15) is 29.1 Å². The fourth-order valence-electron chi connectivity index (χ4n) is 7.53. The van der Waals surface area contributed by atoms with Crippen molar-refractivity contribution in [1.29, 1.82) is 0 Å². The van der Waals surface area contributed by atoms with E-state index in [2.05, 4.69) is 34.2 Å². The van der Waals surface area contributed by atoms with Gasteiger partial charge >= 0.3 is 12.0 Å². The lowest BCUT2D eigenvalue weighted by Gasteiger charge is -2.26. The second-order valence-electron chi connectivity index (χ2n) is 15.6. The SMILES string of the molecule is CC(C)(c1ccc(Oc2ccc3c(c2)C(=O)N(c2nnc(-c4ccc(C=O)cc4)o2)C3=O)cc1)c1ccc(Oc2ccc3c(c2)C(=O)N(c2nnc(-c4ccc(CO)cc4)o2)C3=O)cc1. The number of carbonyl (C=O) groups excluding carboxylic acids is 5. The van der Waals surface area contributed by atoms with Crippen LogP contribution >= 0.6 is 0 Å². The molecule has 10 rings (SSSR count). The number of hydrogen-bond acceptors (Lipinski definition) is 14. The fourth-order valence-corrected chi connectivity index (χ4v) is 7.53. The summed E-state index contributed by atoms with van der Waals surface area (Å²) in [6.45, 7) is 4.04. The van der Waals surface area contributed by atoms with Crippen LogP contribution in [-0.4, -0.2) is 55.4 Å². The standard InChI is InChI=1S/C49H32N6O10/c1-49(2,31-11-15-33(16-12-31)62-35-19-21-37-39(23-35)45(60)54(43(37)58)47-52-50-41(64-47)29-7-3-27(25-56)4-8-29)32-13-17-34(18-14-32)63-36-20-22-38-40(24-36)46(61)55(44(38)59)48-53-51-42(65-48)30-9-5-28(26-57)6-10-30/h3-25,57H,26H2,1-2H3. The zero-order valence-electron chi connectivity index (χ0n) is 34.3. The van der Waals surface area contributed by atoms with Gasteiger partial charge in [0.2, 0.25) is 11.8 Å². The van der Waals surface area contributed by atoms with E-state index in [1.54, 1.807) is 60.7 Å². The van der Waals surface area contributed by atoms with Crippen molar-refractivity contribution in [3.05, 3.63) is 178 Å². The summed E-state index contributed by atoms with van der Waals surface area (Å²) in [4.78, 5) is 66.1. The summed E-state index contributed by atoms with van der Waals surface area (Å²) in [5.74, 6) is -0.570. The number of fused-ring (bicyclic) bond motifs is 2. The molecule has 0 atom stereocenters. The minimum atomic E-state index is -0.638. The number of aliphatic hydroxyl groups excluding tert-OH is 1. The Balaban J connectivity index is 0.782. The van der Waals surface area contributed by atoms with Crippen LogP contribution in [0, 0.1) is 0 Å². The molecule has 2 aliphatic heterocycles. The Morgan fingerprint density at radius 3 is 1.34 bits per heavy atom. The van der Waals surface area contributed by atoms with Crippen molar-refractivity contribution >= 4 is 41.9 Å². The van der Waals surface area contributed by atoms with Crippen molar-refractivity contribution < 1.29 is 47.4 Å². The molecule has 0 unspecified atom stereocenters. The number of hydrogen-bond donors (Lipinski definition) is 1. The quantitative estimate of drug-likeness (QED) is 0.0901. The molecule has 65 heavy (non-hydrogen) atoms. The molecule has 4 amide bonds. The highest BCUT2D eigenvalue weighted by Gasteiger charge is 2.42. The van der Waals surface area contributed by atoms with E-state index < -0.39 is 29.0 Å². The molecule has 0 spiro atoms. The van der Waals surface area contributed by atoms with Crippen molar-refractivity contribution in [2.75, 3.05) is 9.80 Å². The zero-order valence-corrected chi connectivity index (χ0v) is 34.3. The first-order chi connectivity index (χ1) is 31.5. The molecule has 0 saturated carbocycles. The van der Waals surface area contributed by atoms with Crippen LogP contribution in [-0.2, 0) is 12.0 Å². The highest BCUT2D eigenvalue weighted by molar-refractivity contribution is 6.34. The van der Waals surface area contributed by atoms with Crippen LogP contribution in [0.5, 0.6) is 23.0 Å². The predicted octanol–water partition coefficient (Wildman–Crippen LogP) is 8.60. The van der Waals surface area contributed by atoms with Crippen molar-refractivity contribution in [2.24, 2.45) is 0 Å². The third kappa shape index (κ3) is 7.18. The van der Waals surface area contributed by atoms with Crippen LogP contribution in [0.4, 0.5) is 12.0 Å². The molecule has 16 heteroatoms. The molecule has 8 aromatic rings. The molecule has 2 aromatic heterocycles. The van der Waals surface area contributed by atoms with Gasteiger partial charge in [-0.3, -0.25) is 24.0 Å². The van der Waals surface area contributed by atoms with E-state index in [0.717, 1.165) is 20.9 Å². The fraction of sp³-hybridized carbons (Fsp3) is 0.0816. The van der Waals surface area contributed by atoms with Crippen LogP contribution in [0.25, 0.3) is 22.9 Å². The number of imide groups is 2. The normalized spacial score (nSPS) is 13.3. The second-order valence-corrected chi connectivity index (χ2v) is 15.6. The van der Waals surface area contributed by atoms with Crippen molar-refractivity contribution in [3.8, 4) is 45.9 Å². The van der Waals surface area contributed by atoms with E-state index in [1.807, 2.05) is 48.5 Å². The minimum absolute atomic E-state index is 0.0810. The topological polar surface area (TPSA) is 208 Å². The van der Waals surface area contributed by atoms with Gasteiger partial charge in [0.15, 0.2) is 0 Å². The average Bonchev–Trinajstić information content (AvgIpc) is 4.12. The molecular weight excluding hydrogens is 833 g/mol. The molecular formula is C49H32N6O10. The van der Waals surface area contributed by atoms with Gasteiger partial charge in [-0.25, -0.2) is 0 Å². The van der Waals surface area contributed by atoms with Crippen LogP contribution in [0.15, 0.2) is 142 Å². The third-order valence-corrected chi connectivity index (χ3v) is 11.2. The Kier molecular flexibility index (Phi) is 9.76. The first-order valence-corrected chi connectivity index (χ1v) is 20.0. The van der Waals surface area contributed by atoms with E-state index >= 15 is 0 Å². The minimum Gasteiger partial charge on any atom is -0.457 e. The van der Waals surface area contributed by atoms with Crippen LogP contribution in [0.3, 0.4) is 0 Å². The van der Waals surface area contributed by atoms with Gasteiger partial charge in [0.25, 0.3) is 23.6 Å². The summed E-state index contributed by atoms with van der Waals surface area (Å²) in [6, 6.07) is 37.0. The molecule has 318 valence electrons. The number of carbonyl (C=O) groups is 5. The van der Waals surface area contributed by atoms with E-state index in [0.29, 0.717) is 51.5 Å². The molecule has 16 nitrogen and oxygen atoms in total. The van der Waals surface area contributed by atoms with Crippen molar-refractivity contribution in [2.45, 2.75) is 25.9 Å². The summed E-state index contributed by atoms with van der Waals surface area (Å²) in [7, 11) is 0. The Morgan fingerprint density at radius 2 is 0.923 bits per heavy atom. The smallest absolute Gasteiger partial charge is 0.332 e. The van der Waals surface area contributed by atoms with Gasteiger partial charge in [0.05, 0.1) is 28.9 Å². The molecule has 0 fully saturated rings. The molecule has 2 aliphatic rings. The van der Waals surface area contributed by atoms with Crippen molar-refractivity contribution in [1.82, 2.24) is 20.4 Å². The van der Waals surface area contributed by atoms with Gasteiger partial charge in [-0.05, 0) is 102 Å². The number of aromatic nitrogens is 4. The maximum Gasteiger partial charge on any atom is 0.332 e. The lowest BCUT2D eigenvalue weighted by molar-refractivity contribution is 0.0902. The molecule has 0 aliphatic carbocycles. The van der Waals surface area contributed by atoms with Crippen molar-refractivity contribution in [3.63, 3.8) is 0 Å². The number of nitrogens with zero attached hydrogens (tertiary/aromatic N) is 6. The van der Waals surface area contributed by atoms with Gasteiger partial charge < -0.3 is 23.4 Å². The van der Waals surface area contributed by atoms with Crippen LogP contribution in [0.2, 0.25) is 0 Å². The summed E-state index contributed by atoms with van der Waals surface area (Å²) in [5.41, 5.74) is 4.37. The summed E-state index contributed by atoms with van der Waals surface area (Å²) in [6.07, 6.45) is 0.708. The third-order valence-electron chi connectivity index (χ3n) is 11.2. The molecule has 4 heterocycles. The Hall–Kier alpha value is -8.89. The first kappa shape index (κ1) is 40.2. The largest absolute Gasteiger partial charge is 0.457 e. The maximum absolute atomic E-state index is 13.5. The highest BCUT2D eigenvalue weighted by atomic mass is 16.5. The predicted molar refractivity (Wildman–Crippen MR) is 231 cm³/mol. The summed E-state index contributed by atoms with van der Waals surface area (Å²) >= 11 is 0. The average molecular weight is 865 g/mol. The van der Waals surface area contributed by atoms with Crippen LogP contribution < -0.4 is 19.3 Å². The molecule has 1 N–H and O–H groups in total. The number of rotatable bonds is 12. The monoisotopic (exact) mass is 864 g/mol. The van der Waals surface area contributed by atoms with Gasteiger partial charge in [-0.2, -0.15) is 9.80 Å². The van der Waals surface area contributed by atoms with Gasteiger partial charge in [-0.15, -0.1) is 10.2 Å². The molecule has 6 aromatic carbocycles. The second kappa shape index (κ2) is 15.8. The summed E-state index contributed by atoms with van der Waals surface area (Å²) < 4.78 is 23.6. The Bertz CT molecular complexity index is 3210. The Labute approximate surface area is 368 Å². The number of benzene rings is 6. The number of amides is 4.